The van der Waals surface area contributed by atoms with Gasteiger partial charge in [-0.1, -0.05) is 53.2 Å². The second-order valence-corrected chi connectivity index (χ2v) is 7.70. The molecule has 0 bridgehead atoms. The zero-order valence-electron chi connectivity index (χ0n) is 16.5. The van der Waals surface area contributed by atoms with Gasteiger partial charge < -0.3 is 9.74 Å². The minimum Gasteiger partial charge on any atom is -0.390 e. The maximum atomic E-state index is 14.2. The Kier molecular flexibility index (Phi) is 6.28. The van der Waals surface area contributed by atoms with Gasteiger partial charge in [0.1, 0.15) is 11.6 Å². The Labute approximate surface area is 183 Å². The molecule has 0 unspecified atom stereocenters. The van der Waals surface area contributed by atoms with Gasteiger partial charge in [-0.05, 0) is 42.0 Å². The summed E-state index contributed by atoms with van der Waals surface area (Å²) in [6.45, 7) is 0.197. The van der Waals surface area contributed by atoms with Gasteiger partial charge in [0.2, 0.25) is 0 Å². The van der Waals surface area contributed by atoms with Crippen LogP contribution in [0.3, 0.4) is 0 Å². The molecule has 1 aliphatic heterocycles. The van der Waals surface area contributed by atoms with Crippen LogP contribution in [0.15, 0.2) is 78.0 Å². The summed E-state index contributed by atoms with van der Waals surface area (Å²) in [4.78, 5) is 20.1. The third kappa shape index (κ3) is 5.09. The monoisotopic (exact) mass is 440 g/mol. The molecule has 0 radical (unpaired) electrons. The first-order valence-electron chi connectivity index (χ1n) is 9.76. The average Bonchev–Trinajstić information content (AvgIpc) is 3.23. The molecule has 0 saturated heterocycles. The molecule has 3 aromatic rings. The van der Waals surface area contributed by atoms with Crippen molar-refractivity contribution in [1.29, 1.82) is 0 Å². The quantitative estimate of drug-likeness (QED) is 0.511. The Morgan fingerprint density at radius 1 is 1.06 bits per heavy atom. The summed E-state index contributed by atoms with van der Waals surface area (Å²) in [5.74, 6) is -1.33. The standard InChI is InChI=1S/C24H19ClF2N2O2/c25-19-10-8-16(9-11-19)23-13-21(31-28-23)15-29(14-18-4-1-2-7-22(18)27)24(30)17-5-3-6-20(26)12-17/h1-12,21H,13-15H2/t21-/m1/s1. The van der Waals surface area contributed by atoms with Crippen LogP contribution in [-0.2, 0) is 11.4 Å². The van der Waals surface area contributed by atoms with Crippen molar-refractivity contribution in [3.8, 4) is 0 Å². The van der Waals surface area contributed by atoms with Crippen LogP contribution in [0.4, 0.5) is 8.78 Å². The molecule has 1 atom stereocenters. The number of rotatable bonds is 6. The summed E-state index contributed by atoms with van der Waals surface area (Å²) < 4.78 is 27.9. The second-order valence-electron chi connectivity index (χ2n) is 7.26. The molecule has 1 heterocycles. The maximum absolute atomic E-state index is 14.2. The number of carbonyl (C=O) groups is 1. The Bertz CT molecular complexity index is 1120. The lowest BCUT2D eigenvalue weighted by Gasteiger charge is -2.25. The van der Waals surface area contributed by atoms with Gasteiger partial charge in [-0.25, -0.2) is 8.78 Å². The molecule has 0 saturated carbocycles. The molecule has 0 aromatic heterocycles. The molecular formula is C24H19ClF2N2O2. The van der Waals surface area contributed by atoms with E-state index in [9.17, 15) is 13.6 Å². The van der Waals surface area contributed by atoms with E-state index in [1.807, 2.05) is 12.1 Å². The second kappa shape index (κ2) is 9.27. The lowest BCUT2D eigenvalue weighted by Crippen LogP contribution is -2.37. The number of amides is 1. The van der Waals surface area contributed by atoms with E-state index in [1.165, 1.54) is 35.2 Å². The molecule has 4 nitrogen and oxygen atoms in total. The van der Waals surface area contributed by atoms with E-state index in [0.29, 0.717) is 17.0 Å². The van der Waals surface area contributed by atoms with Crippen molar-refractivity contribution >= 4 is 23.2 Å². The number of hydrogen-bond donors (Lipinski definition) is 0. The average molecular weight is 441 g/mol. The Morgan fingerprint density at radius 3 is 2.58 bits per heavy atom. The number of hydrogen-bond acceptors (Lipinski definition) is 3. The minimum absolute atomic E-state index is 0.0260. The van der Waals surface area contributed by atoms with E-state index in [1.54, 1.807) is 30.3 Å². The zero-order chi connectivity index (χ0) is 21.8. The highest BCUT2D eigenvalue weighted by Crippen LogP contribution is 2.22. The number of carbonyl (C=O) groups excluding carboxylic acids is 1. The van der Waals surface area contributed by atoms with E-state index in [-0.39, 0.29) is 18.7 Å². The van der Waals surface area contributed by atoms with E-state index in [2.05, 4.69) is 5.16 Å². The van der Waals surface area contributed by atoms with Gasteiger partial charge in [0.25, 0.3) is 5.91 Å². The fraction of sp³-hybridized carbons (Fsp3) is 0.167. The molecule has 1 aliphatic rings. The van der Waals surface area contributed by atoms with Crippen LogP contribution in [0.2, 0.25) is 5.02 Å². The summed E-state index contributed by atoms with van der Waals surface area (Å²) in [5, 5.41) is 4.76. The first-order valence-corrected chi connectivity index (χ1v) is 10.1. The van der Waals surface area contributed by atoms with E-state index in [0.717, 1.165) is 11.3 Å². The van der Waals surface area contributed by atoms with Crippen LogP contribution in [-0.4, -0.2) is 29.2 Å². The lowest BCUT2D eigenvalue weighted by atomic mass is 10.0. The van der Waals surface area contributed by atoms with Gasteiger partial charge in [0, 0.05) is 29.1 Å². The van der Waals surface area contributed by atoms with Crippen molar-refractivity contribution in [2.24, 2.45) is 5.16 Å². The highest BCUT2D eigenvalue weighted by atomic mass is 35.5. The molecule has 158 valence electrons. The fourth-order valence-electron chi connectivity index (χ4n) is 3.44. The number of nitrogens with zero attached hydrogens (tertiary/aromatic N) is 2. The first-order chi connectivity index (χ1) is 15.0. The summed E-state index contributed by atoms with van der Waals surface area (Å²) >= 11 is 5.94. The number of benzene rings is 3. The Balaban J connectivity index is 1.53. The minimum atomic E-state index is -0.512. The normalized spacial score (nSPS) is 15.3. The first kappa shape index (κ1) is 21.0. The van der Waals surface area contributed by atoms with Crippen molar-refractivity contribution in [3.63, 3.8) is 0 Å². The molecule has 0 spiro atoms. The van der Waals surface area contributed by atoms with E-state index < -0.39 is 23.6 Å². The molecule has 0 fully saturated rings. The third-order valence-electron chi connectivity index (χ3n) is 5.01. The smallest absolute Gasteiger partial charge is 0.254 e. The van der Waals surface area contributed by atoms with Gasteiger partial charge in [-0.3, -0.25) is 4.79 Å². The van der Waals surface area contributed by atoms with E-state index in [4.69, 9.17) is 16.4 Å². The zero-order valence-corrected chi connectivity index (χ0v) is 17.2. The van der Waals surface area contributed by atoms with Crippen LogP contribution in [0, 0.1) is 11.6 Å². The summed E-state index contributed by atoms with van der Waals surface area (Å²) in [6.07, 6.45) is 0.0706. The van der Waals surface area contributed by atoms with Crippen LogP contribution in [0.1, 0.15) is 27.9 Å². The van der Waals surface area contributed by atoms with Crippen molar-refractivity contribution < 1.29 is 18.4 Å². The highest BCUT2D eigenvalue weighted by Gasteiger charge is 2.28. The summed E-state index contributed by atoms with van der Waals surface area (Å²) in [7, 11) is 0. The van der Waals surface area contributed by atoms with Crippen molar-refractivity contribution in [3.05, 3.63) is 106 Å². The van der Waals surface area contributed by atoms with Gasteiger partial charge in [-0.2, -0.15) is 0 Å². The molecule has 7 heteroatoms. The maximum Gasteiger partial charge on any atom is 0.254 e. The van der Waals surface area contributed by atoms with Gasteiger partial charge >= 0.3 is 0 Å². The Hall–Kier alpha value is -3.25. The molecule has 31 heavy (non-hydrogen) atoms. The number of halogens is 3. The predicted octanol–water partition coefficient (Wildman–Crippen LogP) is 5.45. The third-order valence-corrected chi connectivity index (χ3v) is 5.26. The molecule has 1 amide bonds. The van der Waals surface area contributed by atoms with Crippen molar-refractivity contribution in [1.82, 2.24) is 4.90 Å². The van der Waals surface area contributed by atoms with Crippen LogP contribution >= 0.6 is 11.6 Å². The van der Waals surface area contributed by atoms with Crippen molar-refractivity contribution in [2.75, 3.05) is 6.54 Å². The highest BCUT2D eigenvalue weighted by molar-refractivity contribution is 6.30. The largest absolute Gasteiger partial charge is 0.390 e. The molecule has 0 N–H and O–H groups in total. The lowest BCUT2D eigenvalue weighted by molar-refractivity contribution is 0.0402. The summed E-state index contributed by atoms with van der Waals surface area (Å²) in [5.41, 5.74) is 2.17. The summed E-state index contributed by atoms with van der Waals surface area (Å²) in [6, 6.07) is 18.9. The van der Waals surface area contributed by atoms with Crippen LogP contribution in [0.25, 0.3) is 0 Å². The van der Waals surface area contributed by atoms with Crippen LogP contribution in [0.5, 0.6) is 0 Å². The van der Waals surface area contributed by atoms with Gasteiger partial charge in [-0.15, -0.1) is 0 Å². The topological polar surface area (TPSA) is 41.9 Å². The van der Waals surface area contributed by atoms with Gasteiger partial charge in [0.05, 0.1) is 12.3 Å². The predicted molar refractivity (Wildman–Crippen MR) is 115 cm³/mol. The molecule has 0 aliphatic carbocycles. The van der Waals surface area contributed by atoms with Gasteiger partial charge in [0.15, 0.2) is 6.10 Å². The fourth-order valence-corrected chi connectivity index (χ4v) is 3.57. The van der Waals surface area contributed by atoms with Crippen molar-refractivity contribution in [2.45, 2.75) is 19.1 Å². The molecule has 3 aromatic carbocycles. The van der Waals surface area contributed by atoms with E-state index >= 15 is 0 Å². The molecular weight excluding hydrogens is 422 g/mol. The Morgan fingerprint density at radius 2 is 1.84 bits per heavy atom. The number of oxime groups is 1. The SMILES string of the molecule is O=C(c1cccc(F)c1)N(Cc1ccccc1F)C[C@H]1CC(c2ccc(Cl)cc2)=NO1. The molecule has 4 rings (SSSR count). The van der Waals surface area contributed by atoms with Crippen LogP contribution < -0.4 is 0 Å².